The first-order chi connectivity index (χ1) is 9.13. The van der Waals surface area contributed by atoms with E-state index in [9.17, 15) is 0 Å². The number of nitrogens with one attached hydrogen (secondary N) is 1. The van der Waals surface area contributed by atoms with Crippen molar-refractivity contribution < 1.29 is 0 Å². The van der Waals surface area contributed by atoms with E-state index in [2.05, 4.69) is 31.2 Å². The Morgan fingerprint density at radius 2 is 2.11 bits per heavy atom. The van der Waals surface area contributed by atoms with Gasteiger partial charge in [-0.05, 0) is 38.0 Å². The van der Waals surface area contributed by atoms with Crippen LogP contribution in [0.15, 0.2) is 28.7 Å². The Balaban J connectivity index is 1.95. The average molecular weight is 319 g/mol. The molecule has 0 radical (unpaired) electrons. The van der Waals surface area contributed by atoms with E-state index in [1.807, 2.05) is 31.2 Å². The number of nitrogens with two attached hydrogens (primary N) is 1. The maximum absolute atomic E-state index is 5.97. The lowest BCUT2D eigenvalue weighted by atomic mass is 10.2. The fourth-order valence-electron chi connectivity index (χ4n) is 1.90. The van der Waals surface area contributed by atoms with Crippen molar-refractivity contribution >= 4 is 33.3 Å². The van der Waals surface area contributed by atoms with E-state index in [1.54, 1.807) is 0 Å². The van der Waals surface area contributed by atoms with Gasteiger partial charge in [0.1, 0.15) is 17.5 Å². The van der Waals surface area contributed by atoms with Crippen LogP contribution in [0.1, 0.15) is 30.1 Å². The molecular formula is C14H15BrN4. The van der Waals surface area contributed by atoms with Crippen molar-refractivity contribution in [3.05, 3.63) is 40.1 Å². The predicted octanol–water partition coefficient (Wildman–Crippen LogP) is 3.75. The molecule has 0 saturated heterocycles. The molecule has 5 heteroatoms. The van der Waals surface area contributed by atoms with Crippen molar-refractivity contribution in [3.63, 3.8) is 0 Å². The van der Waals surface area contributed by atoms with Gasteiger partial charge in [-0.15, -0.1) is 0 Å². The average Bonchev–Trinajstić information content (AvgIpc) is 3.19. The highest BCUT2D eigenvalue weighted by Gasteiger charge is 2.27. The first kappa shape index (κ1) is 12.4. The van der Waals surface area contributed by atoms with Gasteiger partial charge < -0.3 is 11.1 Å². The zero-order chi connectivity index (χ0) is 13.4. The molecule has 1 saturated carbocycles. The van der Waals surface area contributed by atoms with Gasteiger partial charge in [0.05, 0.1) is 0 Å². The fourth-order valence-corrected chi connectivity index (χ4v) is 2.30. The Morgan fingerprint density at radius 1 is 1.32 bits per heavy atom. The summed E-state index contributed by atoms with van der Waals surface area (Å²) in [6, 6.07) is 7.98. The second-order valence-electron chi connectivity index (χ2n) is 4.85. The lowest BCUT2D eigenvalue weighted by Gasteiger charge is -2.12. The largest absolute Gasteiger partial charge is 0.383 e. The first-order valence-corrected chi connectivity index (χ1v) is 7.09. The molecular weight excluding hydrogens is 304 g/mol. The van der Waals surface area contributed by atoms with Crippen molar-refractivity contribution in [1.29, 1.82) is 0 Å². The summed E-state index contributed by atoms with van der Waals surface area (Å²) in [5.74, 6) is 2.72. The number of hydrogen-bond acceptors (Lipinski definition) is 4. The summed E-state index contributed by atoms with van der Waals surface area (Å²) in [7, 11) is 0. The summed E-state index contributed by atoms with van der Waals surface area (Å²) in [4.78, 5) is 8.97. The molecule has 0 unspecified atom stereocenters. The molecule has 1 heterocycles. The molecule has 98 valence electrons. The standard InChI is InChI=1S/C14H15BrN4/c1-8-12(16)18-14(9-5-6-9)19-13(8)17-11-4-2-3-10(15)7-11/h2-4,7,9H,5-6H2,1H3,(H3,16,17,18,19). The van der Waals surface area contributed by atoms with Gasteiger partial charge in [-0.2, -0.15) is 0 Å². The quantitative estimate of drug-likeness (QED) is 0.904. The summed E-state index contributed by atoms with van der Waals surface area (Å²) in [6.45, 7) is 1.94. The van der Waals surface area contributed by atoms with E-state index in [-0.39, 0.29) is 0 Å². The second-order valence-corrected chi connectivity index (χ2v) is 5.77. The van der Waals surface area contributed by atoms with Gasteiger partial charge in [0.25, 0.3) is 0 Å². The van der Waals surface area contributed by atoms with Crippen LogP contribution >= 0.6 is 15.9 Å². The number of anilines is 3. The molecule has 0 bridgehead atoms. The molecule has 1 fully saturated rings. The van der Waals surface area contributed by atoms with E-state index in [1.165, 1.54) is 12.8 Å². The monoisotopic (exact) mass is 318 g/mol. The molecule has 0 amide bonds. The van der Waals surface area contributed by atoms with Gasteiger partial charge in [-0.25, -0.2) is 9.97 Å². The van der Waals surface area contributed by atoms with Crippen LogP contribution < -0.4 is 11.1 Å². The van der Waals surface area contributed by atoms with Gasteiger partial charge in [0.15, 0.2) is 0 Å². The molecule has 1 aromatic heterocycles. The van der Waals surface area contributed by atoms with E-state index in [0.717, 1.165) is 27.4 Å². The molecule has 0 spiro atoms. The summed E-state index contributed by atoms with van der Waals surface area (Å²) in [6.07, 6.45) is 2.33. The molecule has 1 aliphatic carbocycles. The third kappa shape index (κ3) is 2.71. The zero-order valence-corrected chi connectivity index (χ0v) is 12.2. The Kier molecular flexibility index (Phi) is 3.14. The van der Waals surface area contributed by atoms with Crippen molar-refractivity contribution in [2.45, 2.75) is 25.7 Å². The van der Waals surface area contributed by atoms with Gasteiger partial charge in [0, 0.05) is 21.6 Å². The van der Waals surface area contributed by atoms with Gasteiger partial charge in [0.2, 0.25) is 0 Å². The molecule has 1 aliphatic rings. The van der Waals surface area contributed by atoms with Crippen LogP contribution in [0.5, 0.6) is 0 Å². The van der Waals surface area contributed by atoms with E-state index in [0.29, 0.717) is 11.7 Å². The number of halogens is 1. The van der Waals surface area contributed by atoms with Gasteiger partial charge >= 0.3 is 0 Å². The fraction of sp³-hybridized carbons (Fsp3) is 0.286. The van der Waals surface area contributed by atoms with Crippen LogP contribution in [-0.4, -0.2) is 9.97 Å². The lowest BCUT2D eigenvalue weighted by Crippen LogP contribution is -2.06. The Hall–Kier alpha value is -1.62. The summed E-state index contributed by atoms with van der Waals surface area (Å²) in [5, 5.41) is 3.32. The number of benzene rings is 1. The van der Waals surface area contributed by atoms with Gasteiger partial charge in [-0.3, -0.25) is 0 Å². The van der Waals surface area contributed by atoms with Crippen LogP contribution in [0.25, 0.3) is 0 Å². The molecule has 19 heavy (non-hydrogen) atoms. The topological polar surface area (TPSA) is 63.8 Å². The minimum atomic E-state index is 0.492. The SMILES string of the molecule is Cc1c(N)nc(C2CC2)nc1Nc1cccc(Br)c1. The minimum absolute atomic E-state index is 0.492. The van der Waals surface area contributed by atoms with Crippen LogP contribution in [0, 0.1) is 6.92 Å². The smallest absolute Gasteiger partial charge is 0.139 e. The van der Waals surface area contributed by atoms with E-state index >= 15 is 0 Å². The summed E-state index contributed by atoms with van der Waals surface area (Å²) >= 11 is 3.46. The predicted molar refractivity (Wildman–Crippen MR) is 80.6 cm³/mol. The number of hydrogen-bond donors (Lipinski definition) is 2. The molecule has 4 nitrogen and oxygen atoms in total. The Labute approximate surface area is 120 Å². The zero-order valence-electron chi connectivity index (χ0n) is 10.7. The van der Waals surface area contributed by atoms with Crippen LogP contribution in [-0.2, 0) is 0 Å². The third-order valence-corrected chi connectivity index (χ3v) is 3.72. The highest BCUT2D eigenvalue weighted by Crippen LogP contribution is 2.39. The van der Waals surface area contributed by atoms with Crippen LogP contribution in [0.3, 0.4) is 0 Å². The minimum Gasteiger partial charge on any atom is -0.383 e. The lowest BCUT2D eigenvalue weighted by molar-refractivity contribution is 0.928. The number of nitrogen functional groups attached to an aromatic ring is 1. The van der Waals surface area contributed by atoms with E-state index < -0.39 is 0 Å². The number of rotatable bonds is 3. The molecule has 0 atom stereocenters. The first-order valence-electron chi connectivity index (χ1n) is 6.30. The molecule has 3 rings (SSSR count). The molecule has 1 aromatic carbocycles. The second kappa shape index (κ2) is 4.81. The maximum atomic E-state index is 5.97. The van der Waals surface area contributed by atoms with E-state index in [4.69, 9.17) is 5.73 Å². The Morgan fingerprint density at radius 3 is 2.79 bits per heavy atom. The van der Waals surface area contributed by atoms with Crippen molar-refractivity contribution in [2.75, 3.05) is 11.1 Å². The van der Waals surface area contributed by atoms with Crippen LogP contribution in [0.4, 0.5) is 17.3 Å². The van der Waals surface area contributed by atoms with Gasteiger partial charge in [-0.1, -0.05) is 22.0 Å². The van der Waals surface area contributed by atoms with Crippen molar-refractivity contribution in [2.24, 2.45) is 0 Å². The highest BCUT2D eigenvalue weighted by molar-refractivity contribution is 9.10. The van der Waals surface area contributed by atoms with Crippen LogP contribution in [0.2, 0.25) is 0 Å². The highest BCUT2D eigenvalue weighted by atomic mass is 79.9. The molecule has 3 N–H and O–H groups in total. The summed E-state index contributed by atoms with van der Waals surface area (Å²) in [5.41, 5.74) is 7.85. The normalized spacial score (nSPS) is 14.4. The maximum Gasteiger partial charge on any atom is 0.139 e. The molecule has 2 aromatic rings. The summed E-state index contributed by atoms with van der Waals surface area (Å²) < 4.78 is 1.03. The van der Waals surface area contributed by atoms with Crippen molar-refractivity contribution in [1.82, 2.24) is 9.97 Å². The Bertz CT molecular complexity index is 623. The number of nitrogens with zero attached hydrogens (tertiary/aromatic N) is 2. The number of aromatic nitrogens is 2. The molecule has 0 aliphatic heterocycles. The van der Waals surface area contributed by atoms with Crippen molar-refractivity contribution in [3.8, 4) is 0 Å². The third-order valence-electron chi connectivity index (χ3n) is 3.23.